The molecule has 0 aliphatic heterocycles. The van der Waals surface area contributed by atoms with Gasteiger partial charge < -0.3 is 9.47 Å². The fourth-order valence-electron chi connectivity index (χ4n) is 1.76. The Morgan fingerprint density at radius 3 is 2.00 bits per heavy atom. The average molecular weight is 292 g/mol. The molecular formula is C17H24O4. The van der Waals surface area contributed by atoms with Crippen molar-refractivity contribution in [2.24, 2.45) is 0 Å². The largest absolute Gasteiger partial charge is 0.423 e. The molecule has 116 valence electrons. The zero-order valence-electron chi connectivity index (χ0n) is 13.7. The van der Waals surface area contributed by atoms with Crippen LogP contribution in [0.25, 0.3) is 0 Å². The first-order chi connectivity index (χ1) is 9.68. The van der Waals surface area contributed by atoms with E-state index >= 15 is 0 Å². The van der Waals surface area contributed by atoms with E-state index in [4.69, 9.17) is 9.47 Å². The Kier molecular flexibility index (Phi) is 5.53. The highest BCUT2D eigenvalue weighted by molar-refractivity contribution is 5.76. The van der Waals surface area contributed by atoms with Crippen LogP contribution in [0, 0.1) is 6.92 Å². The monoisotopic (exact) mass is 292 g/mol. The van der Waals surface area contributed by atoms with Gasteiger partial charge in [0.25, 0.3) is 0 Å². The van der Waals surface area contributed by atoms with Gasteiger partial charge in [-0.25, -0.2) is 0 Å². The van der Waals surface area contributed by atoms with E-state index in [0.717, 1.165) is 11.1 Å². The number of ether oxygens (including phenoxy) is 2. The SMILES string of the molecule is CCC(=O)Oc1cc(C(C)(C)C)cc(C)c1OC(=O)CC. The summed E-state index contributed by atoms with van der Waals surface area (Å²) in [5, 5.41) is 0. The number of carbonyl (C=O) groups excluding carboxylic acids is 2. The average Bonchev–Trinajstić information content (AvgIpc) is 2.40. The molecule has 0 N–H and O–H groups in total. The molecule has 0 amide bonds. The molecule has 0 saturated heterocycles. The summed E-state index contributed by atoms with van der Waals surface area (Å²) < 4.78 is 10.7. The maximum absolute atomic E-state index is 11.6. The van der Waals surface area contributed by atoms with Crippen LogP contribution in [0.15, 0.2) is 12.1 Å². The molecule has 0 bridgehead atoms. The molecule has 0 unspecified atom stereocenters. The molecular weight excluding hydrogens is 268 g/mol. The predicted octanol–water partition coefficient (Wildman–Crippen LogP) is 3.92. The molecule has 4 nitrogen and oxygen atoms in total. The van der Waals surface area contributed by atoms with E-state index in [-0.39, 0.29) is 30.2 Å². The van der Waals surface area contributed by atoms with Gasteiger partial charge in [-0.1, -0.05) is 40.7 Å². The summed E-state index contributed by atoms with van der Waals surface area (Å²) in [4.78, 5) is 23.2. The van der Waals surface area contributed by atoms with Crippen molar-refractivity contribution in [2.45, 2.75) is 59.8 Å². The van der Waals surface area contributed by atoms with Gasteiger partial charge in [0, 0.05) is 12.8 Å². The van der Waals surface area contributed by atoms with Crippen LogP contribution >= 0.6 is 0 Å². The van der Waals surface area contributed by atoms with Crippen LogP contribution in [0.4, 0.5) is 0 Å². The summed E-state index contributed by atoms with van der Waals surface area (Å²) in [6.07, 6.45) is 0.529. The molecule has 21 heavy (non-hydrogen) atoms. The zero-order valence-corrected chi connectivity index (χ0v) is 13.7. The molecule has 0 heterocycles. The number of aryl methyl sites for hydroxylation is 1. The predicted molar refractivity (Wildman–Crippen MR) is 81.7 cm³/mol. The molecule has 1 aromatic carbocycles. The van der Waals surface area contributed by atoms with Gasteiger partial charge in [0.1, 0.15) is 0 Å². The summed E-state index contributed by atoms with van der Waals surface area (Å²) >= 11 is 0. The van der Waals surface area contributed by atoms with Gasteiger partial charge >= 0.3 is 11.9 Å². The van der Waals surface area contributed by atoms with E-state index in [2.05, 4.69) is 20.8 Å². The highest BCUT2D eigenvalue weighted by atomic mass is 16.6. The van der Waals surface area contributed by atoms with Crippen molar-refractivity contribution < 1.29 is 19.1 Å². The molecule has 0 aliphatic rings. The summed E-state index contributed by atoms with van der Waals surface area (Å²) in [5.41, 5.74) is 1.71. The van der Waals surface area contributed by atoms with E-state index in [1.54, 1.807) is 19.9 Å². The number of benzene rings is 1. The van der Waals surface area contributed by atoms with Crippen molar-refractivity contribution in [2.75, 3.05) is 0 Å². The summed E-state index contributed by atoms with van der Waals surface area (Å²) in [6.45, 7) is 11.5. The van der Waals surface area contributed by atoms with Gasteiger partial charge in [-0.2, -0.15) is 0 Å². The Morgan fingerprint density at radius 1 is 1.00 bits per heavy atom. The number of esters is 2. The molecule has 1 aromatic rings. The van der Waals surface area contributed by atoms with E-state index < -0.39 is 0 Å². The van der Waals surface area contributed by atoms with Crippen LogP contribution in [0.5, 0.6) is 11.5 Å². The van der Waals surface area contributed by atoms with E-state index in [1.807, 2.05) is 13.0 Å². The molecule has 0 saturated carbocycles. The van der Waals surface area contributed by atoms with Crippen molar-refractivity contribution in [1.82, 2.24) is 0 Å². The number of hydrogen-bond donors (Lipinski definition) is 0. The Labute approximate surface area is 126 Å². The highest BCUT2D eigenvalue weighted by Gasteiger charge is 2.21. The Bertz CT molecular complexity index is 538. The smallest absolute Gasteiger partial charge is 0.311 e. The molecule has 0 aliphatic carbocycles. The van der Waals surface area contributed by atoms with Crippen molar-refractivity contribution >= 4 is 11.9 Å². The second-order valence-corrected chi connectivity index (χ2v) is 6.03. The number of hydrogen-bond acceptors (Lipinski definition) is 4. The molecule has 0 atom stereocenters. The first-order valence-electron chi connectivity index (χ1n) is 7.25. The third-order valence-corrected chi connectivity index (χ3v) is 3.12. The Morgan fingerprint density at radius 2 is 1.52 bits per heavy atom. The Balaban J connectivity index is 3.33. The molecule has 0 spiro atoms. The number of rotatable bonds is 4. The standard InChI is InChI=1S/C17H24O4/c1-7-14(18)20-13-10-12(17(4,5)6)9-11(3)16(13)21-15(19)8-2/h9-10H,7-8H2,1-6H3. The summed E-state index contributed by atoms with van der Waals surface area (Å²) in [6, 6.07) is 3.74. The molecule has 1 rings (SSSR count). The first kappa shape index (κ1) is 17.2. The quantitative estimate of drug-likeness (QED) is 0.623. The van der Waals surface area contributed by atoms with Gasteiger partial charge in [0.15, 0.2) is 11.5 Å². The van der Waals surface area contributed by atoms with Crippen LogP contribution in [0.2, 0.25) is 0 Å². The van der Waals surface area contributed by atoms with Crippen molar-refractivity contribution in [1.29, 1.82) is 0 Å². The van der Waals surface area contributed by atoms with Crippen molar-refractivity contribution in [3.63, 3.8) is 0 Å². The fourth-order valence-corrected chi connectivity index (χ4v) is 1.76. The minimum atomic E-state index is -0.353. The minimum absolute atomic E-state index is 0.0918. The third-order valence-electron chi connectivity index (χ3n) is 3.12. The topological polar surface area (TPSA) is 52.6 Å². The van der Waals surface area contributed by atoms with Crippen LogP contribution in [0.1, 0.15) is 58.6 Å². The second-order valence-electron chi connectivity index (χ2n) is 6.03. The summed E-state index contributed by atoms with van der Waals surface area (Å²) in [5.74, 6) is -0.0603. The lowest BCUT2D eigenvalue weighted by molar-refractivity contribution is -0.136. The number of carbonyl (C=O) groups is 2. The maximum Gasteiger partial charge on any atom is 0.311 e. The van der Waals surface area contributed by atoms with Crippen LogP contribution in [-0.4, -0.2) is 11.9 Å². The van der Waals surface area contributed by atoms with Crippen molar-refractivity contribution in [3.8, 4) is 11.5 Å². The fraction of sp³-hybridized carbons (Fsp3) is 0.529. The van der Waals surface area contributed by atoms with Crippen LogP contribution < -0.4 is 9.47 Å². The van der Waals surface area contributed by atoms with Gasteiger partial charge in [0.05, 0.1) is 0 Å². The van der Waals surface area contributed by atoms with Crippen LogP contribution in [-0.2, 0) is 15.0 Å². The molecule has 4 heteroatoms. The zero-order chi connectivity index (χ0) is 16.2. The highest BCUT2D eigenvalue weighted by Crippen LogP contribution is 2.37. The summed E-state index contributed by atoms with van der Waals surface area (Å²) in [7, 11) is 0. The second kappa shape index (κ2) is 6.74. The van der Waals surface area contributed by atoms with Gasteiger partial charge in [-0.3, -0.25) is 9.59 Å². The maximum atomic E-state index is 11.6. The Hall–Kier alpha value is -1.84. The first-order valence-corrected chi connectivity index (χ1v) is 7.25. The molecule has 0 aromatic heterocycles. The van der Waals surface area contributed by atoms with E-state index in [9.17, 15) is 9.59 Å². The lowest BCUT2D eigenvalue weighted by atomic mass is 9.86. The van der Waals surface area contributed by atoms with Gasteiger partial charge in [-0.15, -0.1) is 0 Å². The lowest BCUT2D eigenvalue weighted by Crippen LogP contribution is -2.15. The third kappa shape index (κ3) is 4.59. The van der Waals surface area contributed by atoms with E-state index in [0.29, 0.717) is 11.5 Å². The van der Waals surface area contributed by atoms with Crippen LogP contribution in [0.3, 0.4) is 0 Å². The normalized spacial score (nSPS) is 11.1. The minimum Gasteiger partial charge on any atom is -0.423 e. The van der Waals surface area contributed by atoms with Crippen molar-refractivity contribution in [3.05, 3.63) is 23.3 Å². The van der Waals surface area contributed by atoms with Gasteiger partial charge in [0.2, 0.25) is 0 Å². The molecule has 0 radical (unpaired) electrons. The molecule has 0 fully saturated rings. The van der Waals surface area contributed by atoms with E-state index in [1.165, 1.54) is 0 Å². The lowest BCUT2D eigenvalue weighted by Gasteiger charge is -2.22. The van der Waals surface area contributed by atoms with Gasteiger partial charge in [-0.05, 0) is 29.5 Å².